The van der Waals surface area contributed by atoms with Crippen LogP contribution in [-0.2, 0) is 0 Å². The monoisotopic (exact) mass is 152 g/mol. The van der Waals surface area contributed by atoms with Gasteiger partial charge in [0.15, 0.2) is 0 Å². The molecule has 0 fully saturated rings. The summed E-state index contributed by atoms with van der Waals surface area (Å²) in [5, 5.41) is 7.31. The first-order chi connectivity index (χ1) is 5.00. The molecule has 0 bridgehead atoms. The lowest BCUT2D eigenvalue weighted by Crippen LogP contribution is -1.40. The van der Waals surface area contributed by atoms with Crippen LogP contribution in [0.4, 0.5) is 0 Å². The summed E-state index contributed by atoms with van der Waals surface area (Å²) in [6, 6.07) is 5.63. The van der Waals surface area contributed by atoms with Crippen LogP contribution >= 0.6 is 11.3 Å². The van der Waals surface area contributed by atoms with Crippen molar-refractivity contribution in [3.63, 3.8) is 0 Å². The van der Waals surface area contributed by atoms with E-state index in [1.807, 2.05) is 22.9 Å². The van der Waals surface area contributed by atoms with Gasteiger partial charge in [-0.3, -0.25) is 0 Å². The predicted molar refractivity (Wildman–Crippen MR) is 39.7 cm³/mol. The number of rotatable bonds is 0. The van der Waals surface area contributed by atoms with Gasteiger partial charge in [-0.25, -0.2) is 0 Å². The summed E-state index contributed by atoms with van der Waals surface area (Å²) in [6.07, 6.45) is 3.90. The number of hydrogen-bond donors (Lipinski definition) is 0. The first-order valence-corrected chi connectivity index (χ1v) is 3.68. The van der Waals surface area contributed by atoms with E-state index in [2.05, 4.69) is 15.9 Å². The van der Waals surface area contributed by atoms with E-state index in [1.54, 1.807) is 17.4 Å². The quantitative estimate of drug-likeness (QED) is 0.578. The molecule has 0 aliphatic heterocycles. The SMILES string of the molecule is [c]1ccon1.c1ccsc1. The van der Waals surface area contributed by atoms with Crippen molar-refractivity contribution in [2.45, 2.75) is 0 Å². The molecule has 0 saturated heterocycles. The molecule has 3 heteroatoms. The third kappa shape index (κ3) is 3.04. The van der Waals surface area contributed by atoms with Crippen LogP contribution in [0.1, 0.15) is 0 Å². The molecule has 2 aromatic rings. The summed E-state index contributed by atoms with van der Waals surface area (Å²) in [7, 11) is 0. The number of nitrogens with zero attached hydrogens (tertiary/aromatic N) is 1. The molecule has 1 radical (unpaired) electrons. The summed E-state index contributed by atoms with van der Waals surface area (Å²) < 4.78 is 4.28. The van der Waals surface area contributed by atoms with Crippen molar-refractivity contribution < 1.29 is 4.52 Å². The largest absolute Gasteiger partial charge is 0.364 e. The molecule has 2 nitrogen and oxygen atoms in total. The molecule has 51 valence electrons. The Balaban J connectivity index is 0.0000001000. The minimum absolute atomic E-state index is 1.46. The average Bonchev–Trinajstić information content (AvgIpc) is 2.67. The van der Waals surface area contributed by atoms with E-state index >= 15 is 0 Å². The van der Waals surface area contributed by atoms with Gasteiger partial charge in [0.25, 0.3) is 0 Å². The van der Waals surface area contributed by atoms with E-state index < -0.39 is 0 Å². The van der Waals surface area contributed by atoms with Crippen LogP contribution in [0.25, 0.3) is 0 Å². The fraction of sp³-hybridized carbons (Fsp3) is 0. The third-order valence-electron chi connectivity index (χ3n) is 0.734. The van der Waals surface area contributed by atoms with Gasteiger partial charge >= 0.3 is 0 Å². The van der Waals surface area contributed by atoms with E-state index in [4.69, 9.17) is 0 Å². The first-order valence-electron chi connectivity index (χ1n) is 2.74. The summed E-state index contributed by atoms with van der Waals surface area (Å²) in [6.45, 7) is 0. The molecule has 0 atom stereocenters. The maximum Gasteiger partial charge on any atom is 0.135 e. The molecule has 10 heavy (non-hydrogen) atoms. The second-order valence-corrected chi connectivity index (χ2v) is 2.24. The van der Waals surface area contributed by atoms with Crippen molar-refractivity contribution in [2.24, 2.45) is 0 Å². The van der Waals surface area contributed by atoms with Crippen LogP contribution in [0.2, 0.25) is 0 Å². The summed E-state index contributed by atoms with van der Waals surface area (Å²) in [5.74, 6) is 0. The highest BCUT2D eigenvalue weighted by Crippen LogP contribution is 1.91. The molecule has 0 N–H and O–H groups in total. The van der Waals surface area contributed by atoms with Crippen LogP contribution in [0.5, 0.6) is 0 Å². The van der Waals surface area contributed by atoms with Gasteiger partial charge in [0.05, 0.1) is 0 Å². The summed E-state index contributed by atoms with van der Waals surface area (Å²) in [4.78, 5) is 0. The molecule has 0 amide bonds. The van der Waals surface area contributed by atoms with Crippen molar-refractivity contribution in [3.8, 4) is 0 Å². The molecular formula is C7H6NOS. The van der Waals surface area contributed by atoms with Gasteiger partial charge in [-0.1, -0.05) is 17.3 Å². The fourth-order valence-corrected chi connectivity index (χ4v) is 0.833. The van der Waals surface area contributed by atoms with Gasteiger partial charge in [0.2, 0.25) is 0 Å². The van der Waals surface area contributed by atoms with E-state index in [9.17, 15) is 0 Å². The van der Waals surface area contributed by atoms with E-state index in [0.717, 1.165) is 0 Å². The molecule has 0 aliphatic carbocycles. The van der Waals surface area contributed by atoms with Crippen LogP contribution in [0.15, 0.2) is 39.7 Å². The van der Waals surface area contributed by atoms with Crippen LogP contribution in [0.3, 0.4) is 0 Å². The maximum atomic E-state index is 4.28. The van der Waals surface area contributed by atoms with Crippen molar-refractivity contribution in [2.75, 3.05) is 0 Å². The smallest absolute Gasteiger partial charge is 0.135 e. The first kappa shape index (κ1) is 7.02. The molecule has 0 aliphatic rings. The van der Waals surface area contributed by atoms with Crippen molar-refractivity contribution in [3.05, 3.63) is 41.4 Å². The minimum Gasteiger partial charge on any atom is -0.364 e. The average molecular weight is 152 g/mol. The van der Waals surface area contributed by atoms with E-state index in [1.165, 1.54) is 6.26 Å². The summed E-state index contributed by atoms with van der Waals surface area (Å²) >= 11 is 1.71. The van der Waals surface area contributed by atoms with Gasteiger partial charge in [-0.2, -0.15) is 11.3 Å². The Morgan fingerprint density at radius 2 is 2.10 bits per heavy atom. The lowest BCUT2D eigenvalue weighted by Gasteiger charge is -1.47. The zero-order chi connectivity index (χ0) is 7.07. The van der Waals surface area contributed by atoms with Crippen LogP contribution in [0, 0.1) is 6.20 Å². The molecule has 2 heterocycles. The van der Waals surface area contributed by atoms with Crippen molar-refractivity contribution >= 4 is 11.3 Å². The Kier molecular flexibility index (Phi) is 3.34. The zero-order valence-corrected chi connectivity index (χ0v) is 6.04. The van der Waals surface area contributed by atoms with Crippen molar-refractivity contribution in [1.29, 1.82) is 0 Å². The van der Waals surface area contributed by atoms with Gasteiger partial charge in [0.1, 0.15) is 12.5 Å². The topological polar surface area (TPSA) is 26.0 Å². The maximum absolute atomic E-state index is 4.28. The van der Waals surface area contributed by atoms with Crippen molar-refractivity contribution in [1.82, 2.24) is 5.16 Å². The molecular weight excluding hydrogens is 146 g/mol. The Morgan fingerprint density at radius 3 is 2.30 bits per heavy atom. The Labute approximate surface area is 63.1 Å². The second kappa shape index (κ2) is 4.76. The van der Waals surface area contributed by atoms with Gasteiger partial charge in [-0.05, 0) is 10.8 Å². The number of thiophene rings is 1. The van der Waals surface area contributed by atoms with Gasteiger partial charge in [-0.15, -0.1) is 0 Å². The lowest BCUT2D eigenvalue weighted by atomic mass is 10.7. The van der Waals surface area contributed by atoms with E-state index in [0.29, 0.717) is 0 Å². The van der Waals surface area contributed by atoms with Crippen LogP contribution in [-0.4, -0.2) is 5.16 Å². The zero-order valence-electron chi connectivity index (χ0n) is 5.23. The predicted octanol–water partition coefficient (Wildman–Crippen LogP) is 2.22. The molecule has 2 aromatic heterocycles. The van der Waals surface area contributed by atoms with E-state index in [-0.39, 0.29) is 0 Å². The van der Waals surface area contributed by atoms with Gasteiger partial charge < -0.3 is 4.52 Å². The molecule has 2 rings (SSSR count). The third-order valence-corrected chi connectivity index (χ3v) is 1.36. The molecule has 0 unspecified atom stereocenters. The van der Waals surface area contributed by atoms with Gasteiger partial charge in [0, 0.05) is 6.07 Å². The molecule has 0 saturated carbocycles. The second-order valence-electron chi connectivity index (χ2n) is 1.42. The number of aromatic nitrogens is 1. The molecule has 0 aromatic carbocycles. The normalized spacial score (nSPS) is 8.00. The minimum atomic E-state index is 1.46. The lowest BCUT2D eigenvalue weighted by molar-refractivity contribution is 0.418. The summed E-state index contributed by atoms with van der Waals surface area (Å²) in [5.41, 5.74) is 0. The number of hydrogen-bond acceptors (Lipinski definition) is 3. The standard InChI is InChI=1S/C4H4S.C3H2NO/c2*1-2-4-5-3-1/h1-4H;1,3H. The Hall–Kier alpha value is -1.09. The molecule has 0 spiro atoms. The highest BCUT2D eigenvalue weighted by atomic mass is 32.1. The Morgan fingerprint density at radius 1 is 1.30 bits per heavy atom. The van der Waals surface area contributed by atoms with Crippen LogP contribution < -0.4 is 0 Å². The highest BCUT2D eigenvalue weighted by Gasteiger charge is 1.62. The Bertz CT molecular complexity index is 153. The highest BCUT2D eigenvalue weighted by molar-refractivity contribution is 7.07. The fourth-order valence-electron chi connectivity index (χ4n) is 0.379.